The first kappa shape index (κ1) is 29.5. The lowest BCUT2D eigenvalue weighted by Gasteiger charge is -2.25. The van der Waals surface area contributed by atoms with Gasteiger partial charge < -0.3 is 18.9 Å². The van der Waals surface area contributed by atoms with Gasteiger partial charge in [0, 0.05) is 12.7 Å². The summed E-state index contributed by atoms with van der Waals surface area (Å²) in [6, 6.07) is 8.69. The number of fused-ring (bicyclic) bond motifs is 1. The molecule has 2 heterocycles. The average Bonchev–Trinajstić information content (AvgIpc) is 3.24. The molecule has 3 aromatic rings. The molecule has 0 saturated carbocycles. The zero-order valence-corrected chi connectivity index (χ0v) is 24.2. The highest BCUT2D eigenvalue weighted by molar-refractivity contribution is 7.07. The van der Waals surface area contributed by atoms with E-state index in [1.54, 1.807) is 31.2 Å². The van der Waals surface area contributed by atoms with Crippen molar-refractivity contribution in [2.75, 3.05) is 34.0 Å². The van der Waals surface area contributed by atoms with Gasteiger partial charge in [-0.1, -0.05) is 48.4 Å². The van der Waals surface area contributed by atoms with Gasteiger partial charge >= 0.3 is 5.97 Å². The Morgan fingerprint density at radius 1 is 1.18 bits per heavy atom. The van der Waals surface area contributed by atoms with E-state index in [1.807, 2.05) is 0 Å². The van der Waals surface area contributed by atoms with Crippen LogP contribution in [0.25, 0.3) is 6.08 Å². The second-order valence-corrected chi connectivity index (χ2v) is 10.4. The smallest absolute Gasteiger partial charge is 0.338 e. The van der Waals surface area contributed by atoms with E-state index in [1.165, 1.54) is 37.0 Å². The van der Waals surface area contributed by atoms with Gasteiger partial charge in [0.2, 0.25) is 0 Å². The van der Waals surface area contributed by atoms with Crippen LogP contribution in [-0.4, -0.2) is 44.6 Å². The third-order valence-corrected chi connectivity index (χ3v) is 7.61. The number of nitrogens with zero attached hydrogens (tertiary/aromatic N) is 2. The zero-order chi connectivity index (χ0) is 28.8. The molecule has 0 fully saturated rings. The van der Waals surface area contributed by atoms with Crippen LogP contribution in [0.3, 0.4) is 0 Å². The van der Waals surface area contributed by atoms with Crippen LogP contribution in [0.4, 0.5) is 4.39 Å². The van der Waals surface area contributed by atoms with E-state index in [4.69, 9.17) is 30.5 Å². The lowest BCUT2D eigenvalue weighted by atomic mass is 9.95. The fourth-order valence-corrected chi connectivity index (χ4v) is 5.52. The summed E-state index contributed by atoms with van der Waals surface area (Å²) in [6.07, 6.45) is 3.26. The number of ether oxygens (including phenoxy) is 4. The van der Waals surface area contributed by atoms with E-state index in [-0.39, 0.29) is 33.9 Å². The molecule has 40 heavy (non-hydrogen) atoms. The van der Waals surface area contributed by atoms with Crippen molar-refractivity contribution in [2.45, 2.75) is 32.7 Å². The maximum Gasteiger partial charge on any atom is 0.338 e. The van der Waals surface area contributed by atoms with Crippen molar-refractivity contribution in [1.29, 1.82) is 0 Å². The lowest BCUT2D eigenvalue weighted by Crippen LogP contribution is -2.40. The summed E-state index contributed by atoms with van der Waals surface area (Å²) in [5.41, 5.74) is 0.817. The Morgan fingerprint density at radius 3 is 2.67 bits per heavy atom. The molecule has 0 N–H and O–H groups in total. The molecular formula is C29H30ClFN2O6S. The molecule has 0 amide bonds. The molecular weight excluding hydrogens is 559 g/mol. The Kier molecular flexibility index (Phi) is 9.78. The van der Waals surface area contributed by atoms with Crippen molar-refractivity contribution in [3.8, 4) is 11.5 Å². The number of rotatable bonds is 11. The number of thiazole rings is 1. The van der Waals surface area contributed by atoms with E-state index >= 15 is 0 Å². The Bertz CT molecular complexity index is 1590. The first-order chi connectivity index (χ1) is 19.3. The average molecular weight is 589 g/mol. The summed E-state index contributed by atoms with van der Waals surface area (Å²) in [7, 11) is 3.03. The Hall–Kier alpha value is -3.47. The number of esters is 1. The molecule has 1 aliphatic heterocycles. The second kappa shape index (κ2) is 13.3. The number of carbonyl (C=O) groups excluding carboxylic acids is 1. The van der Waals surface area contributed by atoms with Crippen molar-refractivity contribution >= 4 is 35.0 Å². The minimum absolute atomic E-state index is 0.0303. The van der Waals surface area contributed by atoms with Crippen LogP contribution in [0.15, 0.2) is 57.5 Å². The highest BCUT2D eigenvalue weighted by Crippen LogP contribution is 2.36. The van der Waals surface area contributed by atoms with Crippen molar-refractivity contribution in [3.63, 3.8) is 0 Å². The highest BCUT2D eigenvalue weighted by Gasteiger charge is 2.34. The Labute approximate surface area is 239 Å². The fourth-order valence-electron chi connectivity index (χ4n) is 4.27. The minimum Gasteiger partial charge on any atom is -0.493 e. The van der Waals surface area contributed by atoms with Gasteiger partial charge in [-0.2, -0.15) is 0 Å². The molecule has 1 unspecified atom stereocenters. The van der Waals surface area contributed by atoms with Crippen LogP contribution in [0.2, 0.25) is 5.02 Å². The predicted molar refractivity (Wildman–Crippen MR) is 151 cm³/mol. The van der Waals surface area contributed by atoms with E-state index in [2.05, 4.69) is 11.9 Å². The molecule has 1 atom stereocenters. The summed E-state index contributed by atoms with van der Waals surface area (Å²) in [5.74, 6) is -0.185. The molecule has 212 valence electrons. The number of aromatic nitrogens is 1. The fraction of sp³-hybridized carbons (Fsp3) is 0.345. The first-order valence-electron chi connectivity index (χ1n) is 12.7. The van der Waals surface area contributed by atoms with Gasteiger partial charge in [0.25, 0.3) is 5.56 Å². The minimum atomic E-state index is -0.886. The van der Waals surface area contributed by atoms with Crippen molar-refractivity contribution < 1.29 is 28.1 Å². The number of allylic oxidation sites excluding steroid dienone is 1. The van der Waals surface area contributed by atoms with Gasteiger partial charge in [-0.05, 0) is 49.2 Å². The number of halogens is 2. The summed E-state index contributed by atoms with van der Waals surface area (Å²) < 4.78 is 38.1. The largest absolute Gasteiger partial charge is 0.493 e. The quantitative estimate of drug-likeness (QED) is 0.244. The standard InChI is InChI=1S/C29H30ClFN2O6S/c1-5-6-12-38-22-11-10-18(15-23(22)37-4)26-25(28(35)39-14-13-36-3)17(2)32-29-33(26)27(34)24(40-29)16-19-20(30)8-7-9-21(19)31/h7-11,15-16,26H,5-6,12-14H2,1-4H3/b24-16-. The third kappa shape index (κ3) is 6.14. The van der Waals surface area contributed by atoms with Gasteiger partial charge in [-0.3, -0.25) is 9.36 Å². The molecule has 11 heteroatoms. The predicted octanol–water partition coefficient (Wildman–Crippen LogP) is 4.40. The molecule has 0 spiro atoms. The highest BCUT2D eigenvalue weighted by atomic mass is 35.5. The third-order valence-electron chi connectivity index (χ3n) is 6.30. The van der Waals surface area contributed by atoms with Gasteiger partial charge in [-0.25, -0.2) is 14.2 Å². The molecule has 2 aromatic carbocycles. The maximum absolute atomic E-state index is 14.6. The zero-order valence-electron chi connectivity index (χ0n) is 22.7. The molecule has 8 nitrogen and oxygen atoms in total. The number of hydrogen-bond acceptors (Lipinski definition) is 8. The number of carbonyl (C=O) groups is 1. The van der Waals surface area contributed by atoms with Crippen LogP contribution >= 0.6 is 22.9 Å². The van der Waals surface area contributed by atoms with Crippen LogP contribution in [0, 0.1) is 5.82 Å². The number of unbranched alkanes of at least 4 members (excludes halogenated alkanes) is 1. The summed E-state index contributed by atoms with van der Waals surface area (Å²) in [4.78, 5) is 32.1. The molecule has 4 rings (SSSR count). The second-order valence-electron chi connectivity index (χ2n) is 8.96. The van der Waals surface area contributed by atoms with Crippen molar-refractivity contribution in [2.24, 2.45) is 4.99 Å². The topological polar surface area (TPSA) is 88.4 Å². The first-order valence-corrected chi connectivity index (χ1v) is 13.9. The number of methoxy groups -OCH3 is 2. The Morgan fingerprint density at radius 2 is 1.98 bits per heavy atom. The van der Waals surface area contributed by atoms with Gasteiger partial charge in [-0.15, -0.1) is 0 Å². The lowest BCUT2D eigenvalue weighted by molar-refractivity contribution is -0.140. The van der Waals surface area contributed by atoms with Gasteiger partial charge in [0.15, 0.2) is 16.3 Å². The van der Waals surface area contributed by atoms with Crippen LogP contribution in [0.1, 0.15) is 43.9 Å². The summed E-state index contributed by atoms with van der Waals surface area (Å²) in [6.45, 7) is 4.52. The molecule has 1 aliphatic rings. The molecule has 0 aliphatic carbocycles. The SMILES string of the molecule is CCCCOc1ccc(C2C(C(=O)OCCOC)=C(C)N=c3s/c(=C\c4c(F)cccc4Cl)c(=O)n32)cc1OC. The Balaban J connectivity index is 1.89. The van der Waals surface area contributed by atoms with Crippen LogP contribution < -0.4 is 24.4 Å². The molecule has 1 aromatic heterocycles. The van der Waals surface area contributed by atoms with E-state index in [0.717, 1.165) is 24.2 Å². The summed E-state index contributed by atoms with van der Waals surface area (Å²) in [5, 5.41) is 0.171. The number of benzene rings is 2. The molecule has 0 radical (unpaired) electrons. The van der Waals surface area contributed by atoms with E-state index in [0.29, 0.717) is 34.2 Å². The monoisotopic (exact) mass is 588 g/mol. The maximum atomic E-state index is 14.6. The van der Waals surface area contributed by atoms with Crippen molar-refractivity contribution in [1.82, 2.24) is 4.57 Å². The summed E-state index contributed by atoms with van der Waals surface area (Å²) >= 11 is 7.30. The van der Waals surface area contributed by atoms with Crippen LogP contribution in [0.5, 0.6) is 11.5 Å². The normalized spacial score (nSPS) is 15.1. The van der Waals surface area contributed by atoms with E-state index < -0.39 is 23.4 Å². The van der Waals surface area contributed by atoms with E-state index in [9.17, 15) is 14.0 Å². The molecule has 0 saturated heterocycles. The number of hydrogen-bond donors (Lipinski definition) is 0. The van der Waals surface area contributed by atoms with Gasteiger partial charge in [0.05, 0.1) is 47.2 Å². The molecule has 0 bridgehead atoms. The van der Waals surface area contributed by atoms with Crippen LogP contribution in [-0.2, 0) is 14.3 Å². The van der Waals surface area contributed by atoms with Crippen molar-refractivity contribution in [3.05, 3.63) is 89.3 Å². The van der Waals surface area contributed by atoms with Gasteiger partial charge in [0.1, 0.15) is 12.4 Å².